The molecular formula is C25H27FN6. The van der Waals surface area contributed by atoms with Crippen LogP contribution in [0, 0.1) is 12.7 Å². The van der Waals surface area contributed by atoms with Gasteiger partial charge in [0.25, 0.3) is 0 Å². The zero-order chi connectivity index (χ0) is 22.1. The molecule has 1 aliphatic heterocycles. The summed E-state index contributed by atoms with van der Waals surface area (Å²) in [6, 6.07) is 14.9. The van der Waals surface area contributed by atoms with Crippen LogP contribution in [0.5, 0.6) is 0 Å². The normalized spacial score (nSPS) is 17.0. The average Bonchev–Trinajstić information content (AvgIpc) is 3.41. The molecule has 1 aliphatic rings. The fraction of sp³-hybridized carbons (Fsp3) is 0.320. The van der Waals surface area contributed by atoms with Gasteiger partial charge in [-0.3, -0.25) is 4.90 Å². The SMILES string of the molecule is Cc1ccc(-n2cc(CN3CCC[C@H](c4nncn4C)C3)c(-c3ccc(F)cc3)n2)cc1. The van der Waals surface area contributed by atoms with Crippen molar-refractivity contribution < 1.29 is 4.39 Å². The summed E-state index contributed by atoms with van der Waals surface area (Å²) in [6.07, 6.45) is 6.12. The second-order valence-electron chi connectivity index (χ2n) is 8.66. The average molecular weight is 431 g/mol. The number of hydrogen-bond acceptors (Lipinski definition) is 4. The van der Waals surface area contributed by atoms with Crippen molar-refractivity contribution in [2.45, 2.75) is 32.2 Å². The van der Waals surface area contributed by atoms with E-state index in [0.717, 1.165) is 60.8 Å². The van der Waals surface area contributed by atoms with Gasteiger partial charge in [0.1, 0.15) is 18.0 Å². The number of aryl methyl sites for hydroxylation is 2. The first-order chi connectivity index (χ1) is 15.6. The van der Waals surface area contributed by atoms with E-state index in [1.165, 1.54) is 17.7 Å². The summed E-state index contributed by atoms with van der Waals surface area (Å²) < 4.78 is 17.5. The topological polar surface area (TPSA) is 51.8 Å². The number of aromatic nitrogens is 5. The van der Waals surface area contributed by atoms with Gasteiger partial charge in [0, 0.05) is 43.4 Å². The Bertz CT molecular complexity index is 1190. The molecule has 1 fully saturated rings. The fourth-order valence-corrected chi connectivity index (χ4v) is 4.52. The number of benzene rings is 2. The van der Waals surface area contributed by atoms with E-state index in [2.05, 4.69) is 52.5 Å². The molecule has 0 radical (unpaired) electrons. The highest BCUT2D eigenvalue weighted by atomic mass is 19.1. The highest BCUT2D eigenvalue weighted by Gasteiger charge is 2.26. The molecule has 0 amide bonds. The molecule has 0 spiro atoms. The highest BCUT2D eigenvalue weighted by Crippen LogP contribution is 2.29. The predicted octanol–water partition coefficient (Wildman–Crippen LogP) is 4.49. The first kappa shape index (κ1) is 20.6. The molecule has 32 heavy (non-hydrogen) atoms. The maximum atomic E-state index is 13.5. The lowest BCUT2D eigenvalue weighted by Gasteiger charge is -2.32. The summed E-state index contributed by atoms with van der Waals surface area (Å²) in [4.78, 5) is 2.46. The van der Waals surface area contributed by atoms with Gasteiger partial charge >= 0.3 is 0 Å². The number of halogens is 1. The molecule has 6 nitrogen and oxygen atoms in total. The molecule has 4 aromatic rings. The van der Waals surface area contributed by atoms with Crippen molar-refractivity contribution in [3.8, 4) is 16.9 Å². The maximum absolute atomic E-state index is 13.5. The molecule has 0 unspecified atom stereocenters. The van der Waals surface area contributed by atoms with Gasteiger partial charge in [0.15, 0.2) is 0 Å². The number of piperidine rings is 1. The zero-order valence-electron chi connectivity index (χ0n) is 18.4. The molecule has 1 atom stereocenters. The largest absolute Gasteiger partial charge is 0.320 e. The van der Waals surface area contributed by atoms with Crippen LogP contribution in [0.3, 0.4) is 0 Å². The Morgan fingerprint density at radius 1 is 1.06 bits per heavy atom. The van der Waals surface area contributed by atoms with Crippen LogP contribution in [-0.2, 0) is 13.6 Å². The summed E-state index contributed by atoms with van der Waals surface area (Å²) >= 11 is 0. The van der Waals surface area contributed by atoms with Crippen molar-refractivity contribution in [1.82, 2.24) is 29.4 Å². The van der Waals surface area contributed by atoms with Gasteiger partial charge in [-0.25, -0.2) is 9.07 Å². The quantitative estimate of drug-likeness (QED) is 0.468. The summed E-state index contributed by atoms with van der Waals surface area (Å²) in [5, 5.41) is 13.3. The van der Waals surface area contributed by atoms with Gasteiger partial charge < -0.3 is 4.57 Å². The molecule has 2 aromatic carbocycles. The Hall–Kier alpha value is -3.32. The fourth-order valence-electron chi connectivity index (χ4n) is 4.52. The molecule has 0 aliphatic carbocycles. The van der Waals surface area contributed by atoms with Gasteiger partial charge in [-0.1, -0.05) is 17.7 Å². The van der Waals surface area contributed by atoms with Gasteiger partial charge in [-0.05, 0) is 62.7 Å². The zero-order valence-corrected chi connectivity index (χ0v) is 18.4. The molecule has 1 saturated heterocycles. The van der Waals surface area contributed by atoms with E-state index in [4.69, 9.17) is 5.10 Å². The van der Waals surface area contributed by atoms with E-state index in [-0.39, 0.29) is 5.82 Å². The minimum absolute atomic E-state index is 0.240. The van der Waals surface area contributed by atoms with Gasteiger partial charge in [-0.15, -0.1) is 10.2 Å². The Morgan fingerprint density at radius 2 is 1.84 bits per heavy atom. The van der Waals surface area contributed by atoms with E-state index >= 15 is 0 Å². The minimum Gasteiger partial charge on any atom is -0.320 e. The molecule has 0 saturated carbocycles. The first-order valence-corrected chi connectivity index (χ1v) is 11.0. The molecule has 2 aromatic heterocycles. The molecule has 5 rings (SSSR count). The Kier molecular flexibility index (Phi) is 5.57. The molecule has 3 heterocycles. The van der Waals surface area contributed by atoms with Crippen LogP contribution >= 0.6 is 0 Å². The van der Waals surface area contributed by atoms with Crippen LogP contribution < -0.4 is 0 Å². The van der Waals surface area contributed by atoms with E-state index in [9.17, 15) is 4.39 Å². The molecule has 0 N–H and O–H groups in total. The lowest BCUT2D eigenvalue weighted by atomic mass is 9.96. The second-order valence-corrected chi connectivity index (χ2v) is 8.66. The van der Waals surface area contributed by atoms with Crippen LogP contribution in [0.15, 0.2) is 61.1 Å². The Labute approximate surface area is 187 Å². The first-order valence-electron chi connectivity index (χ1n) is 11.0. The van der Waals surface area contributed by atoms with Crippen molar-refractivity contribution in [2.24, 2.45) is 7.05 Å². The van der Waals surface area contributed by atoms with E-state index < -0.39 is 0 Å². The number of nitrogens with zero attached hydrogens (tertiary/aromatic N) is 6. The van der Waals surface area contributed by atoms with Crippen molar-refractivity contribution in [2.75, 3.05) is 13.1 Å². The van der Waals surface area contributed by atoms with Crippen molar-refractivity contribution in [3.05, 3.63) is 83.8 Å². The second kappa shape index (κ2) is 8.67. The summed E-state index contributed by atoms with van der Waals surface area (Å²) in [5.74, 6) is 1.18. The summed E-state index contributed by atoms with van der Waals surface area (Å²) in [7, 11) is 2.01. The standard InChI is InChI=1S/C25H27FN6/c1-18-5-11-23(12-6-18)32-16-21(24(29-32)19-7-9-22(26)10-8-19)15-31-13-3-4-20(14-31)25-28-27-17-30(25)2/h5-12,16-17,20H,3-4,13-15H2,1-2H3/t20-/m0/s1. The smallest absolute Gasteiger partial charge is 0.136 e. The van der Waals surface area contributed by atoms with Gasteiger partial charge in [0.05, 0.1) is 11.4 Å². The lowest BCUT2D eigenvalue weighted by molar-refractivity contribution is 0.195. The van der Waals surface area contributed by atoms with E-state index in [0.29, 0.717) is 5.92 Å². The molecule has 0 bridgehead atoms. The number of likely N-dealkylation sites (tertiary alicyclic amines) is 1. The van der Waals surface area contributed by atoms with Crippen LogP contribution in [0.25, 0.3) is 16.9 Å². The highest BCUT2D eigenvalue weighted by molar-refractivity contribution is 5.63. The van der Waals surface area contributed by atoms with Crippen LogP contribution in [-0.4, -0.2) is 42.5 Å². The Morgan fingerprint density at radius 3 is 2.56 bits per heavy atom. The van der Waals surface area contributed by atoms with Crippen molar-refractivity contribution in [1.29, 1.82) is 0 Å². The third kappa shape index (κ3) is 4.21. The van der Waals surface area contributed by atoms with E-state index in [1.54, 1.807) is 18.5 Å². The molecule has 164 valence electrons. The van der Waals surface area contributed by atoms with Gasteiger partial charge in [0.2, 0.25) is 0 Å². The van der Waals surface area contributed by atoms with Crippen LogP contribution in [0.4, 0.5) is 4.39 Å². The van der Waals surface area contributed by atoms with Crippen LogP contribution in [0.1, 0.15) is 35.7 Å². The maximum Gasteiger partial charge on any atom is 0.136 e. The Balaban J connectivity index is 1.45. The predicted molar refractivity (Wildman–Crippen MR) is 122 cm³/mol. The minimum atomic E-state index is -0.240. The van der Waals surface area contributed by atoms with Gasteiger partial charge in [-0.2, -0.15) is 5.10 Å². The van der Waals surface area contributed by atoms with E-state index in [1.807, 2.05) is 16.3 Å². The number of rotatable bonds is 5. The third-order valence-electron chi connectivity index (χ3n) is 6.22. The molecule has 7 heteroatoms. The third-order valence-corrected chi connectivity index (χ3v) is 6.22. The lowest BCUT2D eigenvalue weighted by Crippen LogP contribution is -2.34. The monoisotopic (exact) mass is 430 g/mol. The van der Waals surface area contributed by atoms with Crippen LogP contribution in [0.2, 0.25) is 0 Å². The summed E-state index contributed by atoms with van der Waals surface area (Å²) in [6.45, 7) is 4.83. The van der Waals surface area contributed by atoms with Crippen molar-refractivity contribution in [3.63, 3.8) is 0 Å². The summed E-state index contributed by atoms with van der Waals surface area (Å²) in [5.41, 5.74) is 5.18. The van der Waals surface area contributed by atoms with Crippen molar-refractivity contribution >= 4 is 0 Å². The number of hydrogen-bond donors (Lipinski definition) is 0. The molecular weight excluding hydrogens is 403 g/mol.